The number of ether oxygens (including phenoxy) is 1. The summed E-state index contributed by atoms with van der Waals surface area (Å²) in [4.78, 5) is 30.2. The molecule has 8 nitrogen and oxygen atoms in total. The van der Waals surface area contributed by atoms with Crippen molar-refractivity contribution in [1.29, 1.82) is 0 Å². The number of alkyl carbamates (subject to hydrolysis) is 1. The third-order valence-corrected chi connectivity index (χ3v) is 4.79. The highest BCUT2D eigenvalue weighted by atomic mass is 16.5. The van der Waals surface area contributed by atoms with Crippen LogP contribution in [0.2, 0.25) is 0 Å². The summed E-state index contributed by atoms with van der Waals surface area (Å²) in [6.07, 6.45) is 2.19. The van der Waals surface area contributed by atoms with Gasteiger partial charge in [0, 0.05) is 32.0 Å². The number of carbonyl (C=O) groups excluding carboxylic acids is 2. The molecule has 1 aliphatic heterocycles. The van der Waals surface area contributed by atoms with Crippen LogP contribution in [0.25, 0.3) is 0 Å². The van der Waals surface area contributed by atoms with Gasteiger partial charge < -0.3 is 19.5 Å². The number of nitrogens with zero attached hydrogens (tertiary/aromatic N) is 3. The molecule has 0 unspecified atom stereocenters. The molecule has 2 aromatic rings. The molecule has 1 fully saturated rings. The number of amides is 2. The average molecular weight is 386 g/mol. The van der Waals surface area contributed by atoms with E-state index in [2.05, 4.69) is 15.5 Å². The number of rotatable bonds is 7. The van der Waals surface area contributed by atoms with E-state index in [9.17, 15) is 9.59 Å². The predicted molar refractivity (Wildman–Crippen MR) is 101 cm³/mol. The van der Waals surface area contributed by atoms with E-state index < -0.39 is 6.09 Å². The maximum atomic E-state index is 12.3. The maximum absolute atomic E-state index is 12.3. The van der Waals surface area contributed by atoms with Gasteiger partial charge in [0.1, 0.15) is 6.61 Å². The fraction of sp³-hybridized carbons (Fsp3) is 0.500. The molecule has 150 valence electrons. The highest BCUT2D eigenvalue weighted by Crippen LogP contribution is 2.27. The van der Waals surface area contributed by atoms with Crippen molar-refractivity contribution in [2.75, 3.05) is 19.6 Å². The molecule has 0 atom stereocenters. The Hall–Kier alpha value is -2.90. The van der Waals surface area contributed by atoms with Crippen molar-refractivity contribution in [3.05, 3.63) is 47.6 Å². The molecule has 0 radical (unpaired) electrons. The Morgan fingerprint density at radius 3 is 2.68 bits per heavy atom. The number of aryl methyl sites for hydroxylation is 1. The van der Waals surface area contributed by atoms with E-state index >= 15 is 0 Å². The van der Waals surface area contributed by atoms with Crippen LogP contribution in [0.4, 0.5) is 4.79 Å². The highest BCUT2D eigenvalue weighted by molar-refractivity contribution is 5.76. The molecule has 2 heterocycles. The van der Waals surface area contributed by atoms with Crippen molar-refractivity contribution in [3.63, 3.8) is 0 Å². The number of hydrogen-bond donors (Lipinski definition) is 1. The van der Waals surface area contributed by atoms with Gasteiger partial charge in [-0.3, -0.25) is 4.79 Å². The summed E-state index contributed by atoms with van der Waals surface area (Å²) in [5, 5.41) is 6.51. The number of aromatic nitrogens is 2. The molecule has 1 saturated heterocycles. The first-order valence-corrected chi connectivity index (χ1v) is 9.64. The molecule has 8 heteroatoms. The van der Waals surface area contributed by atoms with Crippen LogP contribution in [0.1, 0.15) is 48.9 Å². The van der Waals surface area contributed by atoms with Gasteiger partial charge >= 0.3 is 6.09 Å². The fourth-order valence-corrected chi connectivity index (χ4v) is 3.22. The second-order valence-electron chi connectivity index (χ2n) is 6.93. The molecular formula is C20H26N4O4. The minimum atomic E-state index is -0.466. The zero-order chi connectivity index (χ0) is 19.8. The summed E-state index contributed by atoms with van der Waals surface area (Å²) in [7, 11) is 0. The Kier molecular flexibility index (Phi) is 7.00. The standard InChI is InChI=1S/C20H26N4O4/c1-15-22-19(28-23-15)17-9-12-24(13-10-17)18(25)8-5-11-21-20(26)27-14-16-6-3-2-4-7-16/h2-4,6-7,17H,5,8-14H2,1H3,(H,21,26). The third-order valence-electron chi connectivity index (χ3n) is 4.79. The van der Waals surface area contributed by atoms with Crippen molar-refractivity contribution < 1.29 is 18.8 Å². The smallest absolute Gasteiger partial charge is 0.407 e. The monoisotopic (exact) mass is 386 g/mol. The van der Waals surface area contributed by atoms with Gasteiger partial charge in [-0.1, -0.05) is 35.5 Å². The van der Waals surface area contributed by atoms with E-state index in [0.29, 0.717) is 44.2 Å². The van der Waals surface area contributed by atoms with Gasteiger partial charge in [-0.05, 0) is 31.7 Å². The predicted octanol–water partition coefficient (Wildman–Crippen LogP) is 2.79. The van der Waals surface area contributed by atoms with Crippen LogP contribution >= 0.6 is 0 Å². The number of benzene rings is 1. The van der Waals surface area contributed by atoms with Crippen LogP contribution in [-0.2, 0) is 16.1 Å². The van der Waals surface area contributed by atoms with Gasteiger partial charge in [0.15, 0.2) is 5.82 Å². The van der Waals surface area contributed by atoms with Gasteiger partial charge in [0.05, 0.1) is 0 Å². The lowest BCUT2D eigenvalue weighted by atomic mass is 9.96. The molecule has 0 aliphatic carbocycles. The molecule has 3 rings (SSSR count). The summed E-state index contributed by atoms with van der Waals surface area (Å²) in [5.74, 6) is 1.65. The van der Waals surface area contributed by atoms with Gasteiger partial charge in [0.2, 0.25) is 11.8 Å². The van der Waals surface area contributed by atoms with E-state index in [1.54, 1.807) is 6.92 Å². The van der Waals surface area contributed by atoms with Crippen LogP contribution < -0.4 is 5.32 Å². The minimum absolute atomic E-state index is 0.111. The third kappa shape index (κ3) is 5.80. The fourth-order valence-electron chi connectivity index (χ4n) is 3.22. The van der Waals surface area contributed by atoms with Gasteiger partial charge in [-0.15, -0.1) is 0 Å². The Bertz CT molecular complexity index is 770. The number of likely N-dealkylation sites (tertiary alicyclic amines) is 1. The molecule has 0 bridgehead atoms. The lowest BCUT2D eigenvalue weighted by Crippen LogP contribution is -2.38. The highest BCUT2D eigenvalue weighted by Gasteiger charge is 2.26. The quantitative estimate of drug-likeness (QED) is 0.735. The van der Waals surface area contributed by atoms with E-state index in [4.69, 9.17) is 9.26 Å². The summed E-state index contributed by atoms with van der Waals surface area (Å²) in [6, 6.07) is 9.50. The van der Waals surface area contributed by atoms with Crippen LogP contribution in [0.3, 0.4) is 0 Å². The van der Waals surface area contributed by atoms with E-state index in [1.807, 2.05) is 35.2 Å². The van der Waals surface area contributed by atoms with Crippen LogP contribution in [-0.4, -0.2) is 46.7 Å². The van der Waals surface area contributed by atoms with Crippen LogP contribution in [0.15, 0.2) is 34.9 Å². The van der Waals surface area contributed by atoms with Crippen molar-refractivity contribution in [2.24, 2.45) is 0 Å². The summed E-state index contributed by atoms with van der Waals surface area (Å²) >= 11 is 0. The van der Waals surface area contributed by atoms with Crippen LogP contribution in [0.5, 0.6) is 0 Å². The van der Waals surface area contributed by atoms with Gasteiger partial charge in [-0.2, -0.15) is 4.98 Å². The molecule has 1 aliphatic rings. The Morgan fingerprint density at radius 2 is 2.00 bits per heavy atom. The maximum Gasteiger partial charge on any atom is 0.407 e. The number of piperidine rings is 1. The normalized spacial score (nSPS) is 14.7. The largest absolute Gasteiger partial charge is 0.445 e. The van der Waals surface area contributed by atoms with Crippen molar-refractivity contribution in [2.45, 2.75) is 45.1 Å². The molecular weight excluding hydrogens is 360 g/mol. The molecule has 0 spiro atoms. The molecule has 28 heavy (non-hydrogen) atoms. The lowest BCUT2D eigenvalue weighted by Gasteiger charge is -2.30. The van der Waals surface area contributed by atoms with Crippen LogP contribution in [0, 0.1) is 6.92 Å². The number of nitrogens with one attached hydrogen (secondary N) is 1. The number of carbonyl (C=O) groups is 2. The van der Waals surface area contributed by atoms with Crippen molar-refractivity contribution in [1.82, 2.24) is 20.4 Å². The summed E-state index contributed by atoms with van der Waals surface area (Å²) < 4.78 is 10.4. The molecule has 1 N–H and O–H groups in total. The van der Waals surface area contributed by atoms with Crippen molar-refractivity contribution >= 4 is 12.0 Å². The second kappa shape index (κ2) is 9.87. The topological polar surface area (TPSA) is 97.6 Å². The zero-order valence-corrected chi connectivity index (χ0v) is 16.1. The molecule has 2 amide bonds. The van der Waals surface area contributed by atoms with E-state index in [-0.39, 0.29) is 18.4 Å². The minimum Gasteiger partial charge on any atom is -0.445 e. The lowest BCUT2D eigenvalue weighted by molar-refractivity contribution is -0.132. The van der Waals surface area contributed by atoms with E-state index in [0.717, 1.165) is 18.4 Å². The first-order chi connectivity index (χ1) is 13.6. The second-order valence-corrected chi connectivity index (χ2v) is 6.93. The summed E-state index contributed by atoms with van der Waals surface area (Å²) in [6.45, 7) is 3.84. The SMILES string of the molecule is Cc1noc(C2CCN(C(=O)CCCNC(=O)OCc3ccccc3)CC2)n1. The Labute approximate surface area is 164 Å². The Balaban J connectivity index is 1.28. The first-order valence-electron chi connectivity index (χ1n) is 9.64. The first kappa shape index (κ1) is 19.9. The molecule has 1 aromatic heterocycles. The zero-order valence-electron chi connectivity index (χ0n) is 16.1. The Morgan fingerprint density at radius 1 is 1.25 bits per heavy atom. The van der Waals surface area contributed by atoms with Gasteiger partial charge in [-0.25, -0.2) is 4.79 Å². The molecule has 1 aromatic carbocycles. The molecule has 0 saturated carbocycles. The van der Waals surface area contributed by atoms with E-state index in [1.165, 1.54) is 0 Å². The number of hydrogen-bond acceptors (Lipinski definition) is 6. The average Bonchev–Trinajstić information content (AvgIpc) is 3.17. The van der Waals surface area contributed by atoms with Gasteiger partial charge in [0.25, 0.3) is 0 Å². The van der Waals surface area contributed by atoms with Crippen molar-refractivity contribution in [3.8, 4) is 0 Å². The summed E-state index contributed by atoms with van der Waals surface area (Å²) in [5.41, 5.74) is 0.937.